The fraction of sp³-hybridized carbons (Fsp3) is 0.562. The summed E-state index contributed by atoms with van der Waals surface area (Å²) >= 11 is 0. The Labute approximate surface area is 136 Å². The van der Waals surface area contributed by atoms with Gasteiger partial charge in [0.25, 0.3) is 0 Å². The zero-order valence-electron chi connectivity index (χ0n) is 13.0. The minimum Gasteiger partial charge on any atom is -0.443 e. The molecule has 3 rings (SSSR count). The van der Waals surface area contributed by atoms with E-state index in [1.54, 1.807) is 0 Å². The Balaban J connectivity index is 1.56. The smallest absolute Gasteiger partial charge is 0.442 e. The molecule has 0 aromatic heterocycles. The van der Waals surface area contributed by atoms with Gasteiger partial charge >= 0.3 is 6.09 Å². The van der Waals surface area contributed by atoms with Crippen molar-refractivity contribution in [1.29, 1.82) is 0 Å². The minimum atomic E-state index is -2.53. The SMILES string of the molecule is O=C(N=S1(=O)CCC2(CC1)CNCCO2)OCc1ccccc1. The average molecular weight is 338 g/mol. The van der Waals surface area contributed by atoms with Gasteiger partial charge in [-0.3, -0.25) is 0 Å². The summed E-state index contributed by atoms with van der Waals surface area (Å²) in [5.74, 6) is 0.768. The number of hydrogen-bond donors (Lipinski definition) is 1. The van der Waals surface area contributed by atoms with Gasteiger partial charge in [0.2, 0.25) is 0 Å². The van der Waals surface area contributed by atoms with Crippen molar-refractivity contribution in [3.63, 3.8) is 0 Å². The lowest BCUT2D eigenvalue weighted by molar-refractivity contribution is -0.0712. The highest BCUT2D eigenvalue weighted by Crippen LogP contribution is 2.29. The van der Waals surface area contributed by atoms with E-state index >= 15 is 0 Å². The largest absolute Gasteiger partial charge is 0.443 e. The second-order valence-corrected chi connectivity index (χ2v) is 8.56. The van der Waals surface area contributed by atoms with E-state index in [0.29, 0.717) is 31.0 Å². The van der Waals surface area contributed by atoms with Crippen LogP contribution in [0.15, 0.2) is 34.7 Å². The summed E-state index contributed by atoms with van der Waals surface area (Å²) in [4.78, 5) is 11.8. The molecule has 1 N–H and O–H groups in total. The minimum absolute atomic E-state index is 0.148. The highest BCUT2D eigenvalue weighted by molar-refractivity contribution is 7.93. The van der Waals surface area contributed by atoms with Crippen LogP contribution in [0.3, 0.4) is 0 Å². The molecule has 23 heavy (non-hydrogen) atoms. The third-order valence-electron chi connectivity index (χ3n) is 4.33. The number of nitrogens with zero attached hydrogens (tertiary/aromatic N) is 1. The molecule has 0 bridgehead atoms. The number of carbonyl (C=O) groups excluding carboxylic acids is 1. The molecule has 0 saturated carbocycles. The van der Waals surface area contributed by atoms with Crippen LogP contribution in [0.1, 0.15) is 18.4 Å². The molecule has 0 aliphatic carbocycles. The number of ether oxygens (including phenoxy) is 2. The van der Waals surface area contributed by atoms with Gasteiger partial charge in [-0.15, -0.1) is 4.36 Å². The summed E-state index contributed by atoms with van der Waals surface area (Å²) in [5.41, 5.74) is 0.651. The lowest BCUT2D eigenvalue weighted by Gasteiger charge is -2.41. The van der Waals surface area contributed by atoms with Crippen LogP contribution in [-0.4, -0.2) is 47.1 Å². The van der Waals surface area contributed by atoms with E-state index in [2.05, 4.69) is 9.68 Å². The average Bonchev–Trinajstić information content (AvgIpc) is 2.58. The number of morpholine rings is 1. The Morgan fingerprint density at radius 3 is 2.70 bits per heavy atom. The maximum absolute atomic E-state index is 12.7. The maximum Gasteiger partial charge on any atom is 0.442 e. The molecule has 1 aromatic carbocycles. The molecule has 1 spiro atoms. The molecular formula is C16H22N2O4S. The van der Waals surface area contributed by atoms with Crippen LogP contribution < -0.4 is 5.32 Å². The van der Waals surface area contributed by atoms with Crippen LogP contribution in [0.5, 0.6) is 0 Å². The second kappa shape index (κ2) is 6.98. The summed E-state index contributed by atoms with van der Waals surface area (Å²) in [6, 6.07) is 9.38. The molecule has 2 heterocycles. The van der Waals surface area contributed by atoms with E-state index in [0.717, 1.165) is 18.7 Å². The molecule has 6 nitrogen and oxygen atoms in total. The second-order valence-electron chi connectivity index (χ2n) is 6.02. The fourth-order valence-corrected chi connectivity index (χ4v) is 5.01. The Bertz CT molecular complexity index is 646. The molecule has 0 unspecified atom stereocenters. The summed E-state index contributed by atoms with van der Waals surface area (Å²) in [6.07, 6.45) is 0.584. The van der Waals surface area contributed by atoms with E-state index in [1.807, 2.05) is 30.3 Å². The third kappa shape index (κ3) is 4.31. The van der Waals surface area contributed by atoms with Gasteiger partial charge in [0.1, 0.15) is 6.61 Å². The highest BCUT2D eigenvalue weighted by atomic mass is 32.2. The molecular weight excluding hydrogens is 316 g/mol. The summed E-state index contributed by atoms with van der Waals surface area (Å²) in [7, 11) is -2.53. The van der Waals surface area contributed by atoms with Crippen molar-refractivity contribution in [1.82, 2.24) is 5.32 Å². The molecule has 2 aliphatic rings. The first-order valence-electron chi connectivity index (χ1n) is 7.87. The number of nitrogens with one attached hydrogen (secondary N) is 1. The van der Waals surface area contributed by atoms with Gasteiger partial charge in [0.05, 0.1) is 21.9 Å². The van der Waals surface area contributed by atoms with Crippen molar-refractivity contribution in [2.24, 2.45) is 4.36 Å². The predicted octanol–water partition coefficient (Wildman–Crippen LogP) is 1.94. The van der Waals surface area contributed by atoms with Crippen LogP contribution >= 0.6 is 0 Å². The molecule has 0 atom stereocenters. The Hall–Kier alpha value is -1.44. The van der Waals surface area contributed by atoms with Crippen molar-refractivity contribution < 1.29 is 18.5 Å². The van der Waals surface area contributed by atoms with Crippen molar-refractivity contribution in [3.8, 4) is 0 Å². The summed E-state index contributed by atoms with van der Waals surface area (Å²) in [5, 5.41) is 3.31. The van der Waals surface area contributed by atoms with Gasteiger partial charge in [-0.05, 0) is 18.4 Å². The summed E-state index contributed by atoms with van der Waals surface area (Å²) in [6.45, 7) is 2.46. The monoisotopic (exact) mass is 338 g/mol. The first kappa shape index (κ1) is 16.4. The van der Waals surface area contributed by atoms with E-state index in [-0.39, 0.29) is 12.2 Å². The Morgan fingerprint density at radius 2 is 2.04 bits per heavy atom. The molecule has 1 aromatic rings. The van der Waals surface area contributed by atoms with Gasteiger partial charge in [-0.25, -0.2) is 9.00 Å². The summed E-state index contributed by atoms with van der Waals surface area (Å²) < 4.78 is 27.5. The number of rotatable bonds is 2. The van der Waals surface area contributed by atoms with Crippen LogP contribution in [0.4, 0.5) is 4.79 Å². The van der Waals surface area contributed by atoms with Gasteiger partial charge < -0.3 is 14.8 Å². The Kier molecular flexibility index (Phi) is 4.99. The van der Waals surface area contributed by atoms with Crippen molar-refractivity contribution in [2.45, 2.75) is 25.0 Å². The molecule has 7 heteroatoms. The van der Waals surface area contributed by atoms with Gasteiger partial charge in [-0.1, -0.05) is 30.3 Å². The molecule has 126 valence electrons. The quantitative estimate of drug-likeness (QED) is 0.892. The molecule has 2 saturated heterocycles. The van der Waals surface area contributed by atoms with Crippen molar-refractivity contribution in [2.75, 3.05) is 31.2 Å². The number of amides is 1. The highest BCUT2D eigenvalue weighted by Gasteiger charge is 2.39. The first-order chi connectivity index (χ1) is 11.1. The van der Waals surface area contributed by atoms with Crippen LogP contribution in [0.25, 0.3) is 0 Å². The lowest BCUT2D eigenvalue weighted by Crippen LogP contribution is -2.53. The number of benzene rings is 1. The van der Waals surface area contributed by atoms with Gasteiger partial charge in [0.15, 0.2) is 0 Å². The Morgan fingerprint density at radius 1 is 1.30 bits per heavy atom. The maximum atomic E-state index is 12.7. The number of carbonyl (C=O) groups is 1. The van der Waals surface area contributed by atoms with E-state index in [4.69, 9.17) is 9.47 Å². The van der Waals surface area contributed by atoms with Crippen LogP contribution in [0.2, 0.25) is 0 Å². The topological polar surface area (TPSA) is 77.0 Å². The van der Waals surface area contributed by atoms with Crippen LogP contribution in [-0.2, 0) is 25.8 Å². The van der Waals surface area contributed by atoms with Crippen LogP contribution in [0, 0.1) is 0 Å². The van der Waals surface area contributed by atoms with Gasteiger partial charge in [-0.2, -0.15) is 0 Å². The van der Waals surface area contributed by atoms with Crippen molar-refractivity contribution in [3.05, 3.63) is 35.9 Å². The predicted molar refractivity (Wildman–Crippen MR) is 87.7 cm³/mol. The van der Waals surface area contributed by atoms with E-state index < -0.39 is 15.8 Å². The molecule has 1 amide bonds. The lowest BCUT2D eigenvalue weighted by atomic mass is 9.95. The third-order valence-corrected chi connectivity index (χ3v) is 6.50. The van der Waals surface area contributed by atoms with E-state index in [1.165, 1.54) is 0 Å². The standard InChI is InChI=1S/C16H22N2O4S/c19-15(21-12-14-4-2-1-3-5-14)18-23(20)10-6-16(7-11-23)13-17-8-9-22-16/h1-5,17H,6-13H2. The van der Waals surface area contributed by atoms with Crippen molar-refractivity contribution >= 4 is 15.8 Å². The normalized spacial score (nSPS) is 30.8. The first-order valence-corrected chi connectivity index (χ1v) is 9.73. The zero-order chi connectivity index (χ0) is 16.2. The molecule has 2 fully saturated rings. The van der Waals surface area contributed by atoms with Gasteiger partial charge in [0, 0.05) is 24.6 Å². The molecule has 2 aliphatic heterocycles. The molecule has 0 radical (unpaired) electrons. The fourth-order valence-electron chi connectivity index (χ4n) is 2.92. The number of hydrogen-bond acceptors (Lipinski definition) is 5. The zero-order valence-corrected chi connectivity index (χ0v) is 13.8. The van der Waals surface area contributed by atoms with E-state index in [9.17, 15) is 9.00 Å².